The Kier molecular flexibility index (Phi) is 4.25. The molecule has 7 heteroatoms. The van der Waals surface area contributed by atoms with E-state index in [9.17, 15) is 14.7 Å². The quantitative estimate of drug-likeness (QED) is 0.859. The van der Waals surface area contributed by atoms with Gasteiger partial charge in [-0.25, -0.2) is 0 Å². The van der Waals surface area contributed by atoms with Gasteiger partial charge in [0.1, 0.15) is 0 Å². The lowest BCUT2D eigenvalue weighted by Gasteiger charge is -2.26. The van der Waals surface area contributed by atoms with Gasteiger partial charge < -0.3 is 10.0 Å². The van der Waals surface area contributed by atoms with E-state index in [1.807, 2.05) is 6.92 Å². The molecule has 5 nitrogen and oxygen atoms in total. The molecule has 0 aliphatic carbocycles. The first-order chi connectivity index (χ1) is 8.95. The monoisotopic (exact) mass is 390 g/mol. The van der Waals surface area contributed by atoms with Crippen LogP contribution in [0.25, 0.3) is 0 Å². The number of amides is 1. The summed E-state index contributed by atoms with van der Waals surface area (Å²) in [6.07, 6.45) is 1.63. The fourth-order valence-electron chi connectivity index (χ4n) is 2.37. The molecular weight excluding hydrogens is 380 g/mol. The zero-order chi connectivity index (χ0) is 14.2. The number of carboxylic acid groups (broad SMARTS) is 1. The topological polar surface area (TPSA) is 70.5 Å². The number of hydrogen-bond acceptors (Lipinski definition) is 3. The summed E-state index contributed by atoms with van der Waals surface area (Å²) < 4.78 is 1.49. The summed E-state index contributed by atoms with van der Waals surface area (Å²) in [4.78, 5) is 29.1. The van der Waals surface area contributed by atoms with Gasteiger partial charge in [-0.05, 0) is 44.8 Å². The van der Waals surface area contributed by atoms with Crippen LogP contribution in [0.1, 0.15) is 25.1 Å². The molecule has 1 fully saturated rings. The van der Waals surface area contributed by atoms with Crippen molar-refractivity contribution in [3.8, 4) is 0 Å². The first-order valence-corrected chi connectivity index (χ1v) is 7.37. The number of likely N-dealkylation sites (tertiary alicyclic amines) is 1. The third kappa shape index (κ3) is 2.67. The van der Waals surface area contributed by atoms with E-state index in [1.165, 1.54) is 0 Å². The van der Waals surface area contributed by atoms with Crippen molar-refractivity contribution in [2.75, 3.05) is 6.54 Å². The standard InChI is InChI=1S/C12H12Br2N2O3/c1-2-16-9(17)4-7(12(18)19)11(16)10-8(14)3-6(13)5-15-10/h3,5,7,11H,2,4H2,1H3,(H,18,19). The number of carboxylic acids is 1. The van der Waals surface area contributed by atoms with Crippen LogP contribution in [0.5, 0.6) is 0 Å². The van der Waals surface area contributed by atoms with Gasteiger partial charge in [-0.15, -0.1) is 0 Å². The molecule has 0 aromatic carbocycles. The first kappa shape index (κ1) is 14.5. The van der Waals surface area contributed by atoms with E-state index in [4.69, 9.17) is 0 Å². The van der Waals surface area contributed by atoms with Gasteiger partial charge in [-0.1, -0.05) is 0 Å². The van der Waals surface area contributed by atoms with Crippen molar-refractivity contribution in [3.63, 3.8) is 0 Å². The van der Waals surface area contributed by atoms with E-state index in [-0.39, 0.29) is 12.3 Å². The second-order valence-corrected chi connectivity index (χ2v) is 6.06. The lowest BCUT2D eigenvalue weighted by molar-refractivity contribution is -0.142. The largest absolute Gasteiger partial charge is 0.481 e. The Labute approximate surface area is 127 Å². The van der Waals surface area contributed by atoms with Crippen molar-refractivity contribution in [1.82, 2.24) is 9.88 Å². The number of carbonyl (C=O) groups excluding carboxylic acids is 1. The van der Waals surface area contributed by atoms with Crippen LogP contribution in [0.4, 0.5) is 0 Å². The molecule has 19 heavy (non-hydrogen) atoms. The zero-order valence-corrected chi connectivity index (χ0v) is 13.3. The SMILES string of the molecule is CCN1C(=O)CC(C(=O)O)C1c1ncc(Br)cc1Br. The van der Waals surface area contributed by atoms with Gasteiger partial charge in [0.25, 0.3) is 0 Å². The zero-order valence-electron chi connectivity index (χ0n) is 10.1. The molecule has 2 rings (SSSR count). The van der Waals surface area contributed by atoms with Gasteiger partial charge in [0, 0.05) is 28.1 Å². The van der Waals surface area contributed by atoms with Crippen LogP contribution in [0.15, 0.2) is 21.2 Å². The van der Waals surface area contributed by atoms with Crippen molar-refractivity contribution >= 4 is 43.7 Å². The van der Waals surface area contributed by atoms with Gasteiger partial charge in [-0.3, -0.25) is 14.6 Å². The second kappa shape index (κ2) is 5.58. The average Bonchev–Trinajstić information content (AvgIpc) is 2.66. The molecule has 0 spiro atoms. The van der Waals surface area contributed by atoms with E-state index >= 15 is 0 Å². The normalized spacial score (nSPS) is 22.9. The van der Waals surface area contributed by atoms with Crippen LogP contribution in [-0.2, 0) is 9.59 Å². The first-order valence-electron chi connectivity index (χ1n) is 5.79. The molecule has 102 valence electrons. The highest BCUT2D eigenvalue weighted by Gasteiger charge is 2.45. The molecule has 0 bridgehead atoms. The summed E-state index contributed by atoms with van der Waals surface area (Å²) >= 11 is 6.69. The van der Waals surface area contributed by atoms with E-state index in [0.29, 0.717) is 16.7 Å². The van der Waals surface area contributed by atoms with Crippen molar-refractivity contribution < 1.29 is 14.7 Å². The van der Waals surface area contributed by atoms with Crippen LogP contribution >= 0.6 is 31.9 Å². The molecule has 1 N–H and O–H groups in total. The molecule has 1 aliphatic rings. The Morgan fingerprint density at radius 3 is 2.79 bits per heavy atom. The molecule has 1 aromatic heterocycles. The minimum Gasteiger partial charge on any atom is -0.481 e. The summed E-state index contributed by atoms with van der Waals surface area (Å²) in [6.45, 7) is 2.30. The van der Waals surface area contributed by atoms with Crippen molar-refractivity contribution in [2.24, 2.45) is 5.92 Å². The van der Waals surface area contributed by atoms with E-state index in [0.717, 1.165) is 4.47 Å². The summed E-state index contributed by atoms with van der Waals surface area (Å²) in [5.41, 5.74) is 0.586. The van der Waals surface area contributed by atoms with Crippen LogP contribution in [0.2, 0.25) is 0 Å². The molecule has 1 amide bonds. The number of carbonyl (C=O) groups is 2. The Hall–Kier alpha value is -0.950. The van der Waals surface area contributed by atoms with Gasteiger partial charge in [0.15, 0.2) is 0 Å². The maximum Gasteiger partial charge on any atom is 0.309 e. The number of pyridine rings is 1. The Morgan fingerprint density at radius 2 is 2.26 bits per heavy atom. The molecule has 1 saturated heterocycles. The predicted octanol–water partition coefficient (Wildman–Crippen LogP) is 2.60. The predicted molar refractivity (Wildman–Crippen MR) is 75.5 cm³/mol. The fourth-order valence-corrected chi connectivity index (χ4v) is 3.59. The fraction of sp³-hybridized carbons (Fsp3) is 0.417. The maximum atomic E-state index is 11.9. The minimum absolute atomic E-state index is 0.0258. The highest BCUT2D eigenvalue weighted by molar-refractivity contribution is 9.11. The number of aromatic nitrogens is 1. The molecule has 1 aromatic rings. The summed E-state index contributed by atoms with van der Waals surface area (Å²) in [5, 5.41) is 9.29. The molecular formula is C12H12Br2N2O3. The Morgan fingerprint density at radius 1 is 1.58 bits per heavy atom. The third-order valence-electron chi connectivity index (χ3n) is 3.21. The highest BCUT2D eigenvalue weighted by atomic mass is 79.9. The third-order valence-corrected chi connectivity index (χ3v) is 4.27. The summed E-state index contributed by atoms with van der Waals surface area (Å²) in [7, 11) is 0. The Balaban J connectivity index is 2.48. The van der Waals surface area contributed by atoms with Gasteiger partial charge >= 0.3 is 5.97 Å². The number of halogens is 2. The lowest BCUT2D eigenvalue weighted by atomic mass is 9.97. The van der Waals surface area contributed by atoms with Crippen molar-refractivity contribution in [2.45, 2.75) is 19.4 Å². The molecule has 2 heterocycles. The van der Waals surface area contributed by atoms with Crippen LogP contribution < -0.4 is 0 Å². The lowest BCUT2D eigenvalue weighted by Crippen LogP contribution is -2.31. The highest BCUT2D eigenvalue weighted by Crippen LogP contribution is 2.40. The molecule has 0 radical (unpaired) electrons. The summed E-state index contributed by atoms with van der Waals surface area (Å²) in [5.74, 6) is -1.86. The molecule has 2 unspecified atom stereocenters. The number of hydrogen-bond donors (Lipinski definition) is 1. The molecule has 0 saturated carbocycles. The smallest absolute Gasteiger partial charge is 0.309 e. The van der Waals surface area contributed by atoms with E-state index in [2.05, 4.69) is 36.8 Å². The van der Waals surface area contributed by atoms with Gasteiger partial charge in [0.2, 0.25) is 5.91 Å². The van der Waals surface area contributed by atoms with Crippen molar-refractivity contribution in [3.05, 3.63) is 26.9 Å². The number of aliphatic carboxylic acids is 1. The summed E-state index contributed by atoms with van der Waals surface area (Å²) in [6, 6.07) is 1.29. The minimum atomic E-state index is -0.967. The van der Waals surface area contributed by atoms with E-state index in [1.54, 1.807) is 17.2 Å². The maximum absolute atomic E-state index is 11.9. The second-order valence-electron chi connectivity index (χ2n) is 4.29. The number of rotatable bonds is 3. The number of nitrogens with zero attached hydrogens (tertiary/aromatic N) is 2. The van der Waals surface area contributed by atoms with Crippen LogP contribution in [-0.4, -0.2) is 33.4 Å². The van der Waals surface area contributed by atoms with Gasteiger partial charge in [-0.2, -0.15) is 0 Å². The van der Waals surface area contributed by atoms with Crippen LogP contribution in [0, 0.1) is 5.92 Å². The van der Waals surface area contributed by atoms with Gasteiger partial charge in [0.05, 0.1) is 17.7 Å². The molecule has 1 aliphatic heterocycles. The molecule has 2 atom stereocenters. The van der Waals surface area contributed by atoms with Crippen molar-refractivity contribution in [1.29, 1.82) is 0 Å². The van der Waals surface area contributed by atoms with E-state index < -0.39 is 17.9 Å². The van der Waals surface area contributed by atoms with Crippen LogP contribution in [0.3, 0.4) is 0 Å². The Bertz CT molecular complexity index is 536. The average molecular weight is 392 g/mol.